The number of carbonyl (C=O) groups is 1. The van der Waals surface area contributed by atoms with E-state index in [2.05, 4.69) is 5.32 Å². The molecule has 0 fully saturated rings. The summed E-state index contributed by atoms with van der Waals surface area (Å²) >= 11 is 0. The Morgan fingerprint density at radius 3 is 2.93 bits per heavy atom. The molecule has 1 rings (SSSR count). The predicted molar refractivity (Wildman–Crippen MR) is 58.9 cm³/mol. The van der Waals surface area contributed by atoms with Gasteiger partial charge in [0, 0.05) is 12.6 Å². The van der Waals surface area contributed by atoms with Crippen molar-refractivity contribution < 1.29 is 9.53 Å². The van der Waals surface area contributed by atoms with E-state index >= 15 is 0 Å². The zero-order chi connectivity index (χ0) is 11.3. The highest BCUT2D eigenvalue weighted by Crippen LogP contribution is 2.12. The summed E-state index contributed by atoms with van der Waals surface area (Å²) in [6.45, 7) is 4.15. The van der Waals surface area contributed by atoms with Gasteiger partial charge < -0.3 is 15.8 Å². The number of nitrogens with one attached hydrogen (secondary N) is 1. The maximum atomic E-state index is 11.3. The third-order valence-electron chi connectivity index (χ3n) is 1.92. The smallest absolute Gasteiger partial charge is 0.410 e. The molecule has 0 aliphatic heterocycles. The highest BCUT2D eigenvalue weighted by molar-refractivity contribution is 5.70. The molecule has 0 saturated heterocycles. The van der Waals surface area contributed by atoms with E-state index in [0.29, 0.717) is 12.3 Å². The molecule has 1 amide bonds. The SMILES string of the molecule is Cc1cccc(OC(=O)NC(C)CN)c1. The molecule has 82 valence electrons. The minimum absolute atomic E-state index is 0.0812. The molecule has 1 unspecified atom stereocenters. The fraction of sp³-hybridized carbons (Fsp3) is 0.364. The van der Waals surface area contributed by atoms with Gasteiger partial charge in [0.2, 0.25) is 0 Å². The van der Waals surface area contributed by atoms with E-state index in [1.54, 1.807) is 12.1 Å². The molecule has 4 heteroatoms. The average Bonchev–Trinajstić information content (AvgIpc) is 2.17. The van der Waals surface area contributed by atoms with Crippen LogP contribution in [0.25, 0.3) is 0 Å². The van der Waals surface area contributed by atoms with Crippen molar-refractivity contribution in [2.75, 3.05) is 6.54 Å². The van der Waals surface area contributed by atoms with Crippen LogP contribution < -0.4 is 15.8 Å². The Kier molecular flexibility index (Phi) is 4.12. The Labute approximate surface area is 89.4 Å². The maximum Gasteiger partial charge on any atom is 0.412 e. The molecule has 4 nitrogen and oxygen atoms in total. The van der Waals surface area contributed by atoms with Crippen molar-refractivity contribution in [1.82, 2.24) is 5.32 Å². The first kappa shape index (κ1) is 11.5. The first-order valence-corrected chi connectivity index (χ1v) is 4.87. The topological polar surface area (TPSA) is 64.3 Å². The molecule has 0 aliphatic carbocycles. The number of amides is 1. The molecule has 0 saturated carbocycles. The van der Waals surface area contributed by atoms with E-state index in [0.717, 1.165) is 5.56 Å². The van der Waals surface area contributed by atoms with E-state index in [-0.39, 0.29) is 6.04 Å². The molecular formula is C11H16N2O2. The Morgan fingerprint density at radius 1 is 1.60 bits per heavy atom. The number of nitrogens with two attached hydrogens (primary N) is 1. The minimum atomic E-state index is -0.474. The zero-order valence-electron chi connectivity index (χ0n) is 8.99. The fourth-order valence-corrected chi connectivity index (χ4v) is 1.08. The van der Waals surface area contributed by atoms with E-state index in [9.17, 15) is 4.79 Å². The molecule has 3 N–H and O–H groups in total. The summed E-state index contributed by atoms with van der Waals surface area (Å²) in [7, 11) is 0. The molecule has 0 radical (unpaired) electrons. The normalized spacial score (nSPS) is 11.9. The summed E-state index contributed by atoms with van der Waals surface area (Å²) < 4.78 is 5.06. The first-order chi connectivity index (χ1) is 7.11. The van der Waals surface area contributed by atoms with Gasteiger partial charge in [-0.25, -0.2) is 4.79 Å². The third kappa shape index (κ3) is 3.99. The summed E-state index contributed by atoms with van der Waals surface area (Å²) in [6.07, 6.45) is -0.474. The molecule has 1 atom stereocenters. The van der Waals surface area contributed by atoms with Crippen molar-refractivity contribution in [3.05, 3.63) is 29.8 Å². The predicted octanol–water partition coefficient (Wildman–Crippen LogP) is 1.43. The van der Waals surface area contributed by atoms with E-state index in [4.69, 9.17) is 10.5 Å². The Bertz CT molecular complexity index is 339. The van der Waals surface area contributed by atoms with Crippen molar-refractivity contribution >= 4 is 6.09 Å². The van der Waals surface area contributed by atoms with Crippen molar-refractivity contribution in [3.63, 3.8) is 0 Å². The van der Waals surface area contributed by atoms with Crippen LogP contribution in [-0.4, -0.2) is 18.7 Å². The summed E-state index contributed by atoms with van der Waals surface area (Å²) in [5.41, 5.74) is 6.42. The number of hydrogen-bond acceptors (Lipinski definition) is 3. The summed E-state index contributed by atoms with van der Waals surface area (Å²) in [4.78, 5) is 11.3. The Morgan fingerprint density at radius 2 is 2.33 bits per heavy atom. The van der Waals surface area contributed by atoms with Crippen molar-refractivity contribution in [1.29, 1.82) is 0 Å². The molecule has 0 spiro atoms. The highest BCUT2D eigenvalue weighted by Gasteiger charge is 2.07. The fourth-order valence-electron chi connectivity index (χ4n) is 1.08. The molecule has 0 heterocycles. The van der Waals surface area contributed by atoms with Crippen LogP contribution >= 0.6 is 0 Å². The van der Waals surface area contributed by atoms with Gasteiger partial charge in [0.1, 0.15) is 5.75 Å². The number of benzene rings is 1. The van der Waals surface area contributed by atoms with Crippen LogP contribution in [0.3, 0.4) is 0 Å². The van der Waals surface area contributed by atoms with Gasteiger partial charge in [-0.3, -0.25) is 0 Å². The number of rotatable bonds is 3. The molecule has 1 aromatic carbocycles. The number of carbonyl (C=O) groups excluding carboxylic acids is 1. The van der Waals surface area contributed by atoms with Gasteiger partial charge in [-0.1, -0.05) is 12.1 Å². The van der Waals surface area contributed by atoms with Crippen LogP contribution in [0.15, 0.2) is 24.3 Å². The lowest BCUT2D eigenvalue weighted by Crippen LogP contribution is -2.39. The summed E-state index contributed by atoms with van der Waals surface area (Å²) in [5, 5.41) is 2.61. The molecule has 15 heavy (non-hydrogen) atoms. The van der Waals surface area contributed by atoms with Gasteiger partial charge in [-0.2, -0.15) is 0 Å². The lowest BCUT2D eigenvalue weighted by molar-refractivity contribution is 0.197. The number of aryl methyl sites for hydroxylation is 1. The number of ether oxygens (including phenoxy) is 1. The van der Waals surface area contributed by atoms with Crippen molar-refractivity contribution in [3.8, 4) is 5.75 Å². The van der Waals surface area contributed by atoms with Crippen LogP contribution in [0, 0.1) is 6.92 Å². The van der Waals surface area contributed by atoms with Crippen LogP contribution in [0.4, 0.5) is 4.79 Å². The van der Waals surface area contributed by atoms with Gasteiger partial charge in [-0.15, -0.1) is 0 Å². The molecule has 1 aromatic rings. The van der Waals surface area contributed by atoms with Gasteiger partial charge in [0.15, 0.2) is 0 Å². The van der Waals surface area contributed by atoms with Gasteiger partial charge in [0.05, 0.1) is 0 Å². The van der Waals surface area contributed by atoms with Gasteiger partial charge in [-0.05, 0) is 31.5 Å². The first-order valence-electron chi connectivity index (χ1n) is 4.87. The van der Waals surface area contributed by atoms with Crippen LogP contribution in [-0.2, 0) is 0 Å². The van der Waals surface area contributed by atoms with Gasteiger partial charge >= 0.3 is 6.09 Å². The second-order valence-corrected chi connectivity index (χ2v) is 3.49. The van der Waals surface area contributed by atoms with Gasteiger partial charge in [0.25, 0.3) is 0 Å². The summed E-state index contributed by atoms with van der Waals surface area (Å²) in [5.74, 6) is 0.539. The van der Waals surface area contributed by atoms with Crippen LogP contribution in [0.5, 0.6) is 5.75 Å². The van der Waals surface area contributed by atoms with Crippen molar-refractivity contribution in [2.24, 2.45) is 5.73 Å². The minimum Gasteiger partial charge on any atom is -0.410 e. The Balaban J connectivity index is 2.51. The molecule has 0 bridgehead atoms. The van der Waals surface area contributed by atoms with E-state index < -0.39 is 6.09 Å². The summed E-state index contributed by atoms with van der Waals surface area (Å²) in [6, 6.07) is 7.23. The second kappa shape index (κ2) is 5.36. The largest absolute Gasteiger partial charge is 0.412 e. The average molecular weight is 208 g/mol. The standard InChI is InChI=1S/C11H16N2O2/c1-8-4-3-5-10(6-8)15-11(14)13-9(2)7-12/h3-6,9H,7,12H2,1-2H3,(H,13,14). The third-order valence-corrected chi connectivity index (χ3v) is 1.92. The number of hydrogen-bond donors (Lipinski definition) is 2. The Hall–Kier alpha value is -1.55. The molecule has 0 aromatic heterocycles. The highest BCUT2D eigenvalue weighted by atomic mass is 16.6. The maximum absolute atomic E-state index is 11.3. The van der Waals surface area contributed by atoms with Crippen LogP contribution in [0.2, 0.25) is 0 Å². The lowest BCUT2D eigenvalue weighted by atomic mass is 10.2. The lowest BCUT2D eigenvalue weighted by Gasteiger charge is -2.11. The van der Waals surface area contributed by atoms with Crippen molar-refractivity contribution in [2.45, 2.75) is 19.9 Å². The second-order valence-electron chi connectivity index (χ2n) is 3.49. The van der Waals surface area contributed by atoms with Crippen LogP contribution in [0.1, 0.15) is 12.5 Å². The quantitative estimate of drug-likeness (QED) is 0.789. The molecule has 0 aliphatic rings. The zero-order valence-corrected chi connectivity index (χ0v) is 8.99. The molecular weight excluding hydrogens is 192 g/mol. The monoisotopic (exact) mass is 208 g/mol. The van der Waals surface area contributed by atoms with E-state index in [1.165, 1.54) is 0 Å². The van der Waals surface area contributed by atoms with E-state index in [1.807, 2.05) is 26.0 Å².